The molecule has 0 aromatic heterocycles. The minimum absolute atomic E-state index is 0.279. The number of nitrogens with two attached hydrogens (primary N) is 1. The number of hydrogen-bond donors (Lipinski definition) is 1. The molecule has 2 rings (SSSR count). The van der Waals surface area contributed by atoms with Crippen LogP contribution in [0.1, 0.15) is 42.4 Å². The molecule has 0 fully saturated rings. The van der Waals surface area contributed by atoms with Crippen molar-refractivity contribution < 1.29 is 4.74 Å². The molecular weight excluding hydrogens is 296 g/mol. The van der Waals surface area contributed by atoms with Crippen LogP contribution in [0.5, 0.6) is 5.75 Å². The predicted octanol–water partition coefficient (Wildman–Crippen LogP) is 4.17. The number of nitrogens with zero attached hydrogens (tertiary/aromatic N) is 1. The number of hydrogen-bond acceptors (Lipinski definition) is 3. The first-order chi connectivity index (χ1) is 11.5. The fourth-order valence-electron chi connectivity index (χ4n) is 2.98. The molecule has 0 aliphatic carbocycles. The summed E-state index contributed by atoms with van der Waals surface area (Å²) in [7, 11) is 5.86. The van der Waals surface area contributed by atoms with Crippen LogP contribution in [0, 0.1) is 0 Å². The molecular formula is C21H30N2O. The van der Waals surface area contributed by atoms with Crippen molar-refractivity contribution >= 4 is 5.69 Å². The third kappa shape index (κ3) is 4.30. The molecule has 1 unspecified atom stereocenters. The average molecular weight is 326 g/mol. The second-order valence-electron chi connectivity index (χ2n) is 6.85. The Morgan fingerprint density at radius 3 is 2.38 bits per heavy atom. The molecule has 24 heavy (non-hydrogen) atoms. The van der Waals surface area contributed by atoms with Gasteiger partial charge in [0, 0.05) is 25.7 Å². The summed E-state index contributed by atoms with van der Waals surface area (Å²) < 4.78 is 5.57. The third-order valence-electron chi connectivity index (χ3n) is 4.58. The van der Waals surface area contributed by atoms with Crippen molar-refractivity contribution in [3.8, 4) is 5.75 Å². The van der Waals surface area contributed by atoms with Gasteiger partial charge in [-0.15, -0.1) is 0 Å². The van der Waals surface area contributed by atoms with Gasteiger partial charge >= 0.3 is 0 Å². The maximum atomic E-state index is 6.11. The highest BCUT2D eigenvalue weighted by Gasteiger charge is 2.15. The van der Waals surface area contributed by atoms with Crippen molar-refractivity contribution in [2.24, 2.45) is 5.73 Å². The van der Waals surface area contributed by atoms with Gasteiger partial charge in [-0.3, -0.25) is 0 Å². The summed E-state index contributed by atoms with van der Waals surface area (Å²) in [5.74, 6) is 1.73. The highest BCUT2D eigenvalue weighted by molar-refractivity contribution is 5.48. The Kier molecular flexibility index (Phi) is 6.27. The molecule has 0 amide bonds. The number of anilines is 1. The summed E-state index contributed by atoms with van der Waals surface area (Å²) in [6.07, 6.45) is 0.886. The van der Waals surface area contributed by atoms with Gasteiger partial charge in [-0.2, -0.15) is 0 Å². The number of methoxy groups -OCH3 is 1. The van der Waals surface area contributed by atoms with Crippen LogP contribution < -0.4 is 15.4 Å². The first kappa shape index (κ1) is 18.3. The molecule has 2 N–H and O–H groups in total. The maximum Gasteiger partial charge on any atom is 0.122 e. The van der Waals surface area contributed by atoms with Gasteiger partial charge in [-0.05, 0) is 53.8 Å². The fraction of sp³-hybridized carbons (Fsp3) is 0.429. The van der Waals surface area contributed by atoms with Gasteiger partial charge in [0.05, 0.1) is 7.11 Å². The van der Waals surface area contributed by atoms with Crippen LogP contribution in [-0.4, -0.2) is 27.7 Å². The molecule has 3 heteroatoms. The molecule has 0 aliphatic rings. The molecule has 0 radical (unpaired) electrons. The van der Waals surface area contributed by atoms with Gasteiger partial charge in [0.2, 0.25) is 0 Å². The number of rotatable bonds is 7. The van der Waals surface area contributed by atoms with Gasteiger partial charge in [0.1, 0.15) is 5.75 Å². The predicted molar refractivity (Wildman–Crippen MR) is 103 cm³/mol. The number of ether oxygens (including phenoxy) is 1. The van der Waals surface area contributed by atoms with Gasteiger partial charge < -0.3 is 15.4 Å². The van der Waals surface area contributed by atoms with E-state index in [-0.39, 0.29) is 5.92 Å². The van der Waals surface area contributed by atoms with Crippen LogP contribution >= 0.6 is 0 Å². The first-order valence-electron chi connectivity index (χ1n) is 8.60. The molecule has 130 valence electrons. The Hall–Kier alpha value is -2.00. The van der Waals surface area contributed by atoms with E-state index in [1.807, 2.05) is 0 Å². The van der Waals surface area contributed by atoms with Gasteiger partial charge in [0.15, 0.2) is 0 Å². The van der Waals surface area contributed by atoms with Crippen molar-refractivity contribution in [1.29, 1.82) is 0 Å². The van der Waals surface area contributed by atoms with Crippen LogP contribution in [0.25, 0.3) is 0 Å². The zero-order chi connectivity index (χ0) is 17.7. The summed E-state index contributed by atoms with van der Waals surface area (Å²) in [4.78, 5) is 2.12. The number of benzene rings is 2. The maximum absolute atomic E-state index is 6.11. The first-order valence-corrected chi connectivity index (χ1v) is 8.60. The van der Waals surface area contributed by atoms with Gasteiger partial charge in [0.25, 0.3) is 0 Å². The van der Waals surface area contributed by atoms with E-state index in [4.69, 9.17) is 10.5 Å². The van der Waals surface area contributed by atoms with Crippen molar-refractivity contribution in [1.82, 2.24) is 0 Å². The lowest BCUT2D eigenvalue weighted by Gasteiger charge is -2.21. The Balaban J connectivity index is 2.33. The topological polar surface area (TPSA) is 38.5 Å². The lowest BCUT2D eigenvalue weighted by molar-refractivity contribution is 0.407. The average Bonchev–Trinajstić information content (AvgIpc) is 2.59. The summed E-state index contributed by atoms with van der Waals surface area (Å²) in [5, 5.41) is 0. The van der Waals surface area contributed by atoms with Gasteiger partial charge in [-0.25, -0.2) is 0 Å². The minimum atomic E-state index is 0.279. The second kappa shape index (κ2) is 8.20. The zero-order valence-electron chi connectivity index (χ0n) is 15.5. The smallest absolute Gasteiger partial charge is 0.122 e. The van der Waals surface area contributed by atoms with E-state index in [2.05, 4.69) is 75.3 Å². The molecule has 0 bridgehead atoms. The Morgan fingerprint density at radius 2 is 1.79 bits per heavy atom. The Labute approximate surface area is 146 Å². The molecule has 3 nitrogen and oxygen atoms in total. The summed E-state index contributed by atoms with van der Waals surface area (Å²) in [6, 6.07) is 15.1. The fourth-order valence-corrected chi connectivity index (χ4v) is 2.98. The van der Waals surface area contributed by atoms with Crippen molar-refractivity contribution in [3.05, 3.63) is 59.2 Å². The van der Waals surface area contributed by atoms with E-state index in [9.17, 15) is 0 Å². The van der Waals surface area contributed by atoms with Crippen LogP contribution in [0.4, 0.5) is 5.69 Å². The molecule has 2 aromatic rings. The zero-order valence-corrected chi connectivity index (χ0v) is 15.5. The van der Waals surface area contributed by atoms with Crippen LogP contribution in [0.3, 0.4) is 0 Å². The monoisotopic (exact) mass is 326 g/mol. The highest BCUT2D eigenvalue weighted by atomic mass is 16.5. The quantitative estimate of drug-likeness (QED) is 0.830. The van der Waals surface area contributed by atoms with Crippen LogP contribution in [-0.2, 0) is 6.42 Å². The molecule has 0 saturated carbocycles. The van der Waals surface area contributed by atoms with E-state index in [0.29, 0.717) is 12.5 Å². The third-order valence-corrected chi connectivity index (χ3v) is 4.58. The molecule has 1 atom stereocenters. The lowest BCUT2D eigenvalue weighted by Crippen LogP contribution is -2.17. The molecule has 0 heterocycles. The van der Waals surface area contributed by atoms with E-state index in [1.54, 1.807) is 7.11 Å². The second-order valence-corrected chi connectivity index (χ2v) is 6.85. The highest BCUT2D eigenvalue weighted by Crippen LogP contribution is 2.30. The van der Waals surface area contributed by atoms with E-state index < -0.39 is 0 Å². The van der Waals surface area contributed by atoms with E-state index in [1.165, 1.54) is 22.4 Å². The van der Waals surface area contributed by atoms with Crippen LogP contribution in [0.2, 0.25) is 0 Å². The SMILES string of the molecule is COc1ccc(C(C)C)cc1CC(CN)c1cccc(N(C)C)c1. The lowest BCUT2D eigenvalue weighted by atomic mass is 9.89. The Bertz CT molecular complexity index is 665. The largest absolute Gasteiger partial charge is 0.496 e. The van der Waals surface area contributed by atoms with Crippen molar-refractivity contribution in [2.75, 3.05) is 32.6 Å². The van der Waals surface area contributed by atoms with Gasteiger partial charge in [-0.1, -0.05) is 38.1 Å². The van der Waals surface area contributed by atoms with E-state index in [0.717, 1.165) is 12.2 Å². The normalized spacial score (nSPS) is 12.3. The van der Waals surface area contributed by atoms with Crippen LogP contribution in [0.15, 0.2) is 42.5 Å². The molecule has 0 spiro atoms. The summed E-state index contributed by atoms with van der Waals surface area (Å²) in [6.45, 7) is 5.05. The minimum Gasteiger partial charge on any atom is -0.496 e. The summed E-state index contributed by atoms with van der Waals surface area (Å²) >= 11 is 0. The Morgan fingerprint density at radius 1 is 1.04 bits per heavy atom. The van der Waals surface area contributed by atoms with Crippen molar-refractivity contribution in [2.45, 2.75) is 32.1 Å². The standard InChI is InChI=1S/C21H30N2O/c1-15(2)16-9-10-21(24-5)18(11-16)12-19(14-22)17-7-6-8-20(13-17)23(3)4/h6-11,13,15,19H,12,14,22H2,1-5H3. The molecule has 2 aromatic carbocycles. The summed E-state index contributed by atoms with van der Waals surface area (Å²) in [5.41, 5.74) is 11.2. The van der Waals surface area contributed by atoms with Crippen molar-refractivity contribution in [3.63, 3.8) is 0 Å². The molecule has 0 aliphatic heterocycles. The van der Waals surface area contributed by atoms with E-state index >= 15 is 0 Å². The molecule has 0 saturated heterocycles.